The number of carbonyl (C=O) groups excluding carboxylic acids is 1. The average Bonchev–Trinajstić information content (AvgIpc) is 2.54. The maximum Gasteiger partial charge on any atom is 0.155 e. The molecule has 1 heterocycles. The van der Waals surface area contributed by atoms with Crippen LogP contribution in [0, 0.1) is 0 Å². The predicted molar refractivity (Wildman–Crippen MR) is 50.5 cm³/mol. The fraction of sp³-hybridized carbons (Fsp3) is 0.300. The molecule has 1 aromatic rings. The molecule has 4 nitrogen and oxygen atoms in total. The first-order valence-electron chi connectivity index (χ1n) is 4.30. The molecular formula is C10H11NO3. The Morgan fingerprint density at radius 3 is 3.00 bits per heavy atom. The molecular weight excluding hydrogens is 182 g/mol. The lowest BCUT2D eigenvalue weighted by Crippen LogP contribution is -2.13. The Balaban J connectivity index is 2.48. The van der Waals surface area contributed by atoms with Gasteiger partial charge in [0, 0.05) is 18.7 Å². The van der Waals surface area contributed by atoms with Gasteiger partial charge in [0.25, 0.3) is 0 Å². The van der Waals surface area contributed by atoms with Gasteiger partial charge in [-0.05, 0) is 6.07 Å². The SMILES string of the molecule is COc1cc2c(cc1C=O)CN(C)O2. The zero-order valence-corrected chi connectivity index (χ0v) is 8.11. The number of hydroxylamine groups is 2. The third-order valence-electron chi connectivity index (χ3n) is 2.19. The van der Waals surface area contributed by atoms with E-state index in [1.54, 1.807) is 17.2 Å². The van der Waals surface area contributed by atoms with E-state index in [2.05, 4.69) is 0 Å². The molecule has 0 spiro atoms. The molecule has 0 atom stereocenters. The number of benzene rings is 1. The van der Waals surface area contributed by atoms with Crippen LogP contribution in [0.3, 0.4) is 0 Å². The van der Waals surface area contributed by atoms with E-state index < -0.39 is 0 Å². The maximum absolute atomic E-state index is 10.7. The van der Waals surface area contributed by atoms with Crippen molar-refractivity contribution >= 4 is 6.29 Å². The van der Waals surface area contributed by atoms with Crippen LogP contribution in [-0.4, -0.2) is 25.5 Å². The predicted octanol–water partition coefficient (Wildman–Crippen LogP) is 1.25. The Hall–Kier alpha value is -1.55. The lowest BCUT2D eigenvalue weighted by Gasteiger charge is -2.06. The molecule has 1 aromatic carbocycles. The number of hydrogen-bond donors (Lipinski definition) is 0. The fourth-order valence-corrected chi connectivity index (χ4v) is 1.54. The molecule has 0 radical (unpaired) electrons. The zero-order valence-electron chi connectivity index (χ0n) is 8.11. The van der Waals surface area contributed by atoms with Crippen LogP contribution in [0.25, 0.3) is 0 Å². The van der Waals surface area contributed by atoms with Crippen LogP contribution in [0.2, 0.25) is 0 Å². The summed E-state index contributed by atoms with van der Waals surface area (Å²) in [7, 11) is 3.38. The second-order valence-corrected chi connectivity index (χ2v) is 3.20. The first-order valence-corrected chi connectivity index (χ1v) is 4.30. The minimum Gasteiger partial charge on any atom is -0.496 e. The van der Waals surface area contributed by atoms with E-state index in [1.807, 2.05) is 7.05 Å². The highest BCUT2D eigenvalue weighted by atomic mass is 16.7. The van der Waals surface area contributed by atoms with Crippen LogP contribution in [0.1, 0.15) is 15.9 Å². The quantitative estimate of drug-likeness (QED) is 0.662. The minimum atomic E-state index is 0.550. The third-order valence-corrected chi connectivity index (χ3v) is 2.19. The van der Waals surface area contributed by atoms with Crippen molar-refractivity contribution < 1.29 is 14.4 Å². The summed E-state index contributed by atoms with van der Waals surface area (Å²) in [4.78, 5) is 16.1. The van der Waals surface area contributed by atoms with E-state index in [4.69, 9.17) is 9.57 Å². The van der Waals surface area contributed by atoms with E-state index in [0.29, 0.717) is 17.9 Å². The maximum atomic E-state index is 10.7. The Bertz CT molecular complexity index is 376. The van der Waals surface area contributed by atoms with Gasteiger partial charge in [0.2, 0.25) is 0 Å². The van der Waals surface area contributed by atoms with E-state index >= 15 is 0 Å². The molecule has 1 aliphatic heterocycles. The number of methoxy groups -OCH3 is 1. The van der Waals surface area contributed by atoms with Crippen molar-refractivity contribution in [2.45, 2.75) is 6.54 Å². The first kappa shape index (κ1) is 9.02. The monoisotopic (exact) mass is 193 g/mol. The third kappa shape index (κ3) is 1.33. The molecule has 0 saturated heterocycles. The van der Waals surface area contributed by atoms with E-state index in [9.17, 15) is 4.79 Å². The van der Waals surface area contributed by atoms with Crippen LogP contribution in [0.15, 0.2) is 12.1 Å². The number of nitrogens with zero attached hydrogens (tertiary/aromatic N) is 1. The number of hydrogen-bond acceptors (Lipinski definition) is 4. The molecule has 14 heavy (non-hydrogen) atoms. The Labute approximate surface area is 82.0 Å². The molecule has 0 amide bonds. The second kappa shape index (κ2) is 3.31. The molecule has 0 saturated carbocycles. The second-order valence-electron chi connectivity index (χ2n) is 3.20. The Morgan fingerprint density at radius 1 is 1.57 bits per heavy atom. The summed E-state index contributed by atoms with van der Waals surface area (Å²) in [5, 5.41) is 1.71. The summed E-state index contributed by atoms with van der Waals surface area (Å²) in [6.07, 6.45) is 0.789. The summed E-state index contributed by atoms with van der Waals surface area (Å²) in [6, 6.07) is 3.53. The normalized spacial score (nSPS) is 14.7. The lowest BCUT2D eigenvalue weighted by molar-refractivity contribution is -0.0138. The number of ether oxygens (including phenoxy) is 1. The van der Waals surface area contributed by atoms with Crippen molar-refractivity contribution in [3.8, 4) is 11.5 Å². The lowest BCUT2D eigenvalue weighted by atomic mass is 10.1. The minimum absolute atomic E-state index is 0.550. The molecule has 2 rings (SSSR count). The average molecular weight is 193 g/mol. The van der Waals surface area contributed by atoms with Gasteiger partial charge in [0.1, 0.15) is 5.75 Å². The van der Waals surface area contributed by atoms with Crippen molar-refractivity contribution in [3.05, 3.63) is 23.3 Å². The number of rotatable bonds is 2. The van der Waals surface area contributed by atoms with Crippen LogP contribution in [-0.2, 0) is 6.54 Å². The van der Waals surface area contributed by atoms with Gasteiger partial charge < -0.3 is 9.57 Å². The van der Waals surface area contributed by atoms with Gasteiger partial charge in [-0.25, -0.2) is 0 Å². The summed E-state index contributed by atoms with van der Waals surface area (Å²) in [5.41, 5.74) is 1.57. The van der Waals surface area contributed by atoms with Crippen LogP contribution in [0.5, 0.6) is 11.5 Å². The molecule has 4 heteroatoms. The van der Waals surface area contributed by atoms with Crippen molar-refractivity contribution in [2.75, 3.05) is 14.2 Å². The molecule has 74 valence electrons. The highest BCUT2D eigenvalue weighted by Gasteiger charge is 2.20. The van der Waals surface area contributed by atoms with Gasteiger partial charge in [-0.15, -0.1) is 5.06 Å². The smallest absolute Gasteiger partial charge is 0.155 e. The number of fused-ring (bicyclic) bond motifs is 1. The van der Waals surface area contributed by atoms with Crippen molar-refractivity contribution in [2.24, 2.45) is 0 Å². The first-order chi connectivity index (χ1) is 6.74. The van der Waals surface area contributed by atoms with Gasteiger partial charge in [-0.3, -0.25) is 4.79 Å². The number of aldehydes is 1. The standard InChI is InChI=1S/C10H11NO3/c1-11-5-7-3-8(6-12)9(13-2)4-10(7)14-11/h3-4,6H,5H2,1-2H3. The van der Waals surface area contributed by atoms with Gasteiger partial charge in [-0.1, -0.05) is 0 Å². The molecule has 0 bridgehead atoms. The highest BCUT2D eigenvalue weighted by molar-refractivity contribution is 5.80. The van der Waals surface area contributed by atoms with Gasteiger partial charge in [0.15, 0.2) is 12.0 Å². The molecule has 0 N–H and O–H groups in total. The van der Waals surface area contributed by atoms with Crippen LogP contribution < -0.4 is 9.57 Å². The van der Waals surface area contributed by atoms with E-state index in [-0.39, 0.29) is 0 Å². The van der Waals surface area contributed by atoms with E-state index in [0.717, 1.165) is 17.6 Å². The van der Waals surface area contributed by atoms with E-state index in [1.165, 1.54) is 7.11 Å². The molecule has 0 unspecified atom stereocenters. The van der Waals surface area contributed by atoms with Crippen molar-refractivity contribution in [3.63, 3.8) is 0 Å². The Kier molecular flexibility index (Phi) is 2.13. The summed E-state index contributed by atoms with van der Waals surface area (Å²) in [6.45, 7) is 0.695. The summed E-state index contributed by atoms with van der Waals surface area (Å²) >= 11 is 0. The Morgan fingerprint density at radius 2 is 2.36 bits per heavy atom. The largest absolute Gasteiger partial charge is 0.496 e. The molecule has 0 aliphatic carbocycles. The van der Waals surface area contributed by atoms with Crippen LogP contribution >= 0.6 is 0 Å². The summed E-state index contributed by atoms with van der Waals surface area (Å²) < 4.78 is 5.07. The highest BCUT2D eigenvalue weighted by Crippen LogP contribution is 2.33. The topological polar surface area (TPSA) is 38.8 Å². The zero-order chi connectivity index (χ0) is 10.1. The van der Waals surface area contributed by atoms with Gasteiger partial charge in [0.05, 0.1) is 19.2 Å². The molecule has 1 aliphatic rings. The molecule has 0 fully saturated rings. The van der Waals surface area contributed by atoms with Crippen molar-refractivity contribution in [1.29, 1.82) is 0 Å². The van der Waals surface area contributed by atoms with Crippen molar-refractivity contribution in [1.82, 2.24) is 5.06 Å². The van der Waals surface area contributed by atoms with Gasteiger partial charge in [-0.2, -0.15) is 0 Å². The van der Waals surface area contributed by atoms with Gasteiger partial charge >= 0.3 is 0 Å². The molecule has 0 aromatic heterocycles. The number of carbonyl (C=O) groups is 1. The summed E-state index contributed by atoms with van der Waals surface area (Å²) in [5.74, 6) is 1.31. The fourth-order valence-electron chi connectivity index (χ4n) is 1.54. The van der Waals surface area contributed by atoms with Crippen LogP contribution in [0.4, 0.5) is 0 Å².